The molecule has 0 bridgehead atoms. The van der Waals surface area contributed by atoms with E-state index in [0.717, 1.165) is 22.1 Å². The molecule has 1 heterocycles. The van der Waals surface area contributed by atoms with Gasteiger partial charge in [-0.1, -0.05) is 42.5 Å². The number of hydrogen-bond acceptors (Lipinski definition) is 4. The van der Waals surface area contributed by atoms with Crippen LogP contribution in [0.2, 0.25) is 0 Å². The van der Waals surface area contributed by atoms with E-state index in [2.05, 4.69) is 11.4 Å². The minimum atomic E-state index is -0.263. The molecule has 0 atom stereocenters. The zero-order chi connectivity index (χ0) is 20.1. The summed E-state index contributed by atoms with van der Waals surface area (Å²) >= 11 is 0. The van der Waals surface area contributed by atoms with Crippen LogP contribution in [0.1, 0.15) is 21.9 Å². The number of nitrogens with one attached hydrogen (secondary N) is 1. The number of phenols is 1. The Morgan fingerprint density at radius 3 is 2.55 bits per heavy atom. The SMILES string of the molecule is O=C(NCCc1ccc(O)cc1)c1ccc(COc2ccc3ccccc3c2)o1. The fourth-order valence-electron chi connectivity index (χ4n) is 3.06. The molecule has 4 aromatic rings. The molecule has 0 radical (unpaired) electrons. The summed E-state index contributed by atoms with van der Waals surface area (Å²) in [5.74, 6) is 1.56. The van der Waals surface area contributed by atoms with Crippen LogP contribution < -0.4 is 10.1 Å². The highest BCUT2D eigenvalue weighted by Crippen LogP contribution is 2.21. The first-order valence-electron chi connectivity index (χ1n) is 9.44. The lowest BCUT2D eigenvalue weighted by Crippen LogP contribution is -2.25. The molecule has 0 saturated heterocycles. The number of ether oxygens (including phenoxy) is 1. The molecule has 4 rings (SSSR count). The van der Waals surface area contributed by atoms with E-state index in [0.29, 0.717) is 18.7 Å². The molecule has 3 aromatic carbocycles. The first-order chi connectivity index (χ1) is 14.2. The van der Waals surface area contributed by atoms with Crippen LogP contribution in [-0.4, -0.2) is 17.6 Å². The Morgan fingerprint density at radius 1 is 0.931 bits per heavy atom. The van der Waals surface area contributed by atoms with Gasteiger partial charge in [-0.2, -0.15) is 0 Å². The van der Waals surface area contributed by atoms with Crippen LogP contribution in [0.5, 0.6) is 11.5 Å². The average molecular weight is 387 g/mol. The van der Waals surface area contributed by atoms with Crippen molar-refractivity contribution in [3.63, 3.8) is 0 Å². The topological polar surface area (TPSA) is 71.7 Å². The number of amides is 1. The number of benzene rings is 3. The minimum absolute atomic E-state index is 0.229. The van der Waals surface area contributed by atoms with E-state index in [4.69, 9.17) is 9.15 Å². The van der Waals surface area contributed by atoms with Crippen LogP contribution >= 0.6 is 0 Å². The highest BCUT2D eigenvalue weighted by atomic mass is 16.5. The molecule has 5 nitrogen and oxygen atoms in total. The number of furan rings is 1. The molecular weight excluding hydrogens is 366 g/mol. The van der Waals surface area contributed by atoms with Crippen molar-refractivity contribution >= 4 is 16.7 Å². The third kappa shape index (κ3) is 4.76. The predicted octanol–water partition coefficient (Wildman–Crippen LogP) is 4.69. The summed E-state index contributed by atoms with van der Waals surface area (Å²) in [5, 5.41) is 14.4. The van der Waals surface area contributed by atoms with Gasteiger partial charge in [-0.15, -0.1) is 0 Å². The largest absolute Gasteiger partial charge is 0.508 e. The fraction of sp³-hybridized carbons (Fsp3) is 0.125. The Bertz CT molecular complexity index is 1120. The average Bonchev–Trinajstić information content (AvgIpc) is 3.23. The number of phenolic OH excluding ortho intramolecular Hbond substituents is 1. The Hall–Kier alpha value is -3.73. The van der Waals surface area contributed by atoms with Crippen LogP contribution in [0.3, 0.4) is 0 Å². The standard InChI is InChI=1S/C24H21NO4/c26-20-8-5-17(6-9-20)13-14-25-24(27)23-12-11-22(29-23)16-28-21-10-7-18-3-1-2-4-19(18)15-21/h1-12,15,26H,13-14,16H2,(H,25,27). The Labute approximate surface area is 168 Å². The minimum Gasteiger partial charge on any atom is -0.508 e. The summed E-state index contributed by atoms with van der Waals surface area (Å²) < 4.78 is 11.4. The maximum atomic E-state index is 12.2. The molecule has 146 valence electrons. The van der Waals surface area contributed by atoms with Crippen molar-refractivity contribution in [3.8, 4) is 11.5 Å². The highest BCUT2D eigenvalue weighted by Gasteiger charge is 2.11. The first kappa shape index (κ1) is 18.6. The maximum absolute atomic E-state index is 12.2. The molecule has 0 aliphatic heterocycles. The van der Waals surface area contributed by atoms with E-state index in [1.54, 1.807) is 24.3 Å². The molecule has 29 heavy (non-hydrogen) atoms. The quantitative estimate of drug-likeness (QED) is 0.483. The zero-order valence-electron chi connectivity index (χ0n) is 15.8. The van der Waals surface area contributed by atoms with Crippen molar-refractivity contribution in [1.29, 1.82) is 0 Å². The third-order valence-electron chi connectivity index (χ3n) is 4.62. The van der Waals surface area contributed by atoms with Crippen LogP contribution in [0, 0.1) is 0 Å². The second kappa shape index (κ2) is 8.52. The normalized spacial score (nSPS) is 10.8. The van der Waals surface area contributed by atoms with Gasteiger partial charge in [-0.3, -0.25) is 4.79 Å². The molecule has 0 fully saturated rings. The summed E-state index contributed by atoms with van der Waals surface area (Å²) in [6, 6.07) is 24.3. The van der Waals surface area contributed by atoms with Gasteiger partial charge in [-0.05, 0) is 59.2 Å². The lowest BCUT2D eigenvalue weighted by atomic mass is 10.1. The second-order valence-corrected chi connectivity index (χ2v) is 6.74. The maximum Gasteiger partial charge on any atom is 0.287 e. The zero-order valence-corrected chi connectivity index (χ0v) is 15.8. The molecule has 1 aromatic heterocycles. The van der Waals surface area contributed by atoms with Crippen LogP contribution in [0.25, 0.3) is 10.8 Å². The van der Waals surface area contributed by atoms with E-state index < -0.39 is 0 Å². The van der Waals surface area contributed by atoms with Gasteiger partial charge in [0.15, 0.2) is 5.76 Å². The van der Waals surface area contributed by atoms with Crippen molar-refractivity contribution in [2.45, 2.75) is 13.0 Å². The van der Waals surface area contributed by atoms with Crippen molar-refractivity contribution in [1.82, 2.24) is 5.32 Å². The van der Waals surface area contributed by atoms with Gasteiger partial charge < -0.3 is 19.6 Å². The van der Waals surface area contributed by atoms with Crippen LogP contribution in [0.15, 0.2) is 83.3 Å². The van der Waals surface area contributed by atoms with Crippen molar-refractivity contribution in [2.24, 2.45) is 0 Å². The number of aromatic hydroxyl groups is 1. The number of fused-ring (bicyclic) bond motifs is 1. The van der Waals surface area contributed by atoms with E-state index >= 15 is 0 Å². The first-order valence-corrected chi connectivity index (χ1v) is 9.44. The summed E-state index contributed by atoms with van der Waals surface area (Å²) in [7, 11) is 0. The molecule has 1 amide bonds. The number of hydrogen-bond donors (Lipinski definition) is 2. The van der Waals surface area contributed by atoms with E-state index in [-0.39, 0.29) is 24.0 Å². The summed E-state index contributed by atoms with van der Waals surface area (Å²) in [6.45, 7) is 0.729. The van der Waals surface area contributed by atoms with Crippen molar-refractivity contribution in [2.75, 3.05) is 6.54 Å². The van der Waals surface area contributed by atoms with Gasteiger partial charge in [0.1, 0.15) is 23.9 Å². The molecule has 0 aliphatic rings. The van der Waals surface area contributed by atoms with E-state index in [1.165, 1.54) is 0 Å². The molecule has 0 saturated carbocycles. The van der Waals surface area contributed by atoms with Crippen LogP contribution in [-0.2, 0) is 13.0 Å². The molecule has 0 spiro atoms. The van der Waals surface area contributed by atoms with Gasteiger partial charge in [0.2, 0.25) is 0 Å². The van der Waals surface area contributed by atoms with Crippen LogP contribution in [0.4, 0.5) is 0 Å². The van der Waals surface area contributed by atoms with Gasteiger partial charge in [0, 0.05) is 6.54 Å². The van der Waals surface area contributed by atoms with Crippen molar-refractivity contribution < 1.29 is 19.1 Å². The Morgan fingerprint density at radius 2 is 1.72 bits per heavy atom. The van der Waals surface area contributed by atoms with E-state index in [9.17, 15) is 9.90 Å². The Balaban J connectivity index is 1.29. The molecule has 0 unspecified atom stereocenters. The third-order valence-corrected chi connectivity index (χ3v) is 4.62. The van der Waals surface area contributed by atoms with Gasteiger partial charge in [0.25, 0.3) is 5.91 Å². The lowest BCUT2D eigenvalue weighted by Gasteiger charge is -2.06. The van der Waals surface area contributed by atoms with Gasteiger partial charge >= 0.3 is 0 Å². The monoisotopic (exact) mass is 387 g/mol. The summed E-state index contributed by atoms with van der Waals surface area (Å²) in [5.41, 5.74) is 1.03. The van der Waals surface area contributed by atoms with Gasteiger partial charge in [-0.25, -0.2) is 0 Å². The molecule has 2 N–H and O–H groups in total. The fourth-order valence-corrected chi connectivity index (χ4v) is 3.06. The summed E-state index contributed by atoms with van der Waals surface area (Å²) in [6.07, 6.45) is 0.671. The molecular formula is C24H21NO4. The van der Waals surface area contributed by atoms with Gasteiger partial charge in [0.05, 0.1) is 0 Å². The number of carbonyl (C=O) groups excluding carboxylic acids is 1. The van der Waals surface area contributed by atoms with Crippen molar-refractivity contribution in [3.05, 3.63) is 95.9 Å². The lowest BCUT2D eigenvalue weighted by molar-refractivity contribution is 0.0922. The number of carbonyl (C=O) groups is 1. The molecule has 5 heteroatoms. The number of rotatable bonds is 7. The smallest absolute Gasteiger partial charge is 0.287 e. The second-order valence-electron chi connectivity index (χ2n) is 6.74. The summed E-state index contributed by atoms with van der Waals surface area (Å²) in [4.78, 5) is 12.2. The predicted molar refractivity (Wildman–Crippen MR) is 111 cm³/mol. The van der Waals surface area contributed by atoms with E-state index in [1.807, 2.05) is 48.5 Å². The molecule has 0 aliphatic carbocycles. The Kier molecular flexibility index (Phi) is 5.47. The highest BCUT2D eigenvalue weighted by molar-refractivity contribution is 5.91.